The van der Waals surface area contributed by atoms with Crippen molar-refractivity contribution in [3.05, 3.63) is 99.3 Å². The third-order valence-corrected chi connectivity index (χ3v) is 13.6. The van der Waals surface area contributed by atoms with Crippen molar-refractivity contribution in [2.75, 3.05) is 44.4 Å². The molecule has 1 fully saturated rings. The summed E-state index contributed by atoms with van der Waals surface area (Å²) < 4.78 is 12.4. The van der Waals surface area contributed by atoms with Gasteiger partial charge in [-0.25, -0.2) is 4.85 Å². The summed E-state index contributed by atoms with van der Waals surface area (Å²) in [6, 6.07) is 21.7. The maximum absolute atomic E-state index is 9.14. The molecule has 0 spiro atoms. The van der Waals surface area contributed by atoms with Gasteiger partial charge in [0.25, 0.3) is 0 Å². The number of piperazine rings is 1. The molecule has 1 aliphatic rings. The summed E-state index contributed by atoms with van der Waals surface area (Å²) in [6.07, 6.45) is 0. The molecule has 1 heterocycles. The van der Waals surface area contributed by atoms with Gasteiger partial charge in [-0.15, -0.1) is 0 Å². The van der Waals surface area contributed by atoms with Crippen LogP contribution in [0.3, 0.4) is 0 Å². The van der Waals surface area contributed by atoms with Crippen LogP contribution in [0.25, 0.3) is 4.85 Å². The van der Waals surface area contributed by atoms with Crippen LogP contribution in [0.1, 0.15) is 44.0 Å². The van der Waals surface area contributed by atoms with E-state index in [2.05, 4.69) is 72.8 Å². The number of ether oxygens (including phenoxy) is 1. The molecule has 1 N–H and O–H groups in total. The fraction of sp³-hybridized carbons (Fsp3) is 0.424. The Morgan fingerprint density at radius 1 is 1.02 bits per heavy atom. The average molecular weight is 627 g/mol. The Balaban J connectivity index is 1.68. The number of benzene rings is 3. The minimum Gasteiger partial charge on any atom is -0.491 e. The average Bonchev–Trinajstić information content (AvgIpc) is 2.96. The van der Waals surface area contributed by atoms with Crippen LogP contribution in [0.15, 0.2) is 66.7 Å². The zero-order chi connectivity index (χ0) is 30.5. The molecule has 0 amide bonds. The van der Waals surface area contributed by atoms with Gasteiger partial charge in [-0.3, -0.25) is 4.90 Å². The second-order valence-corrected chi connectivity index (χ2v) is 17.9. The third-order valence-electron chi connectivity index (χ3n) is 8.51. The van der Waals surface area contributed by atoms with Crippen LogP contribution in [-0.2, 0) is 4.43 Å². The number of aliphatic hydroxyl groups is 1. The zero-order valence-electron chi connectivity index (χ0n) is 25.1. The molecule has 1 saturated heterocycles. The summed E-state index contributed by atoms with van der Waals surface area (Å²) in [7, 11) is -2.00. The van der Waals surface area contributed by atoms with Gasteiger partial charge < -0.3 is 19.2 Å². The fourth-order valence-corrected chi connectivity index (χ4v) is 6.42. The Hall–Kier alpha value is -2.57. The fourth-order valence-electron chi connectivity index (χ4n) is 5.01. The summed E-state index contributed by atoms with van der Waals surface area (Å²) in [4.78, 5) is 8.45. The Bertz CT molecular complexity index is 1370. The molecule has 4 rings (SSSR count). The quantitative estimate of drug-likeness (QED) is 0.181. The van der Waals surface area contributed by atoms with Gasteiger partial charge in [-0.2, -0.15) is 0 Å². The standard InChI is InChI=1S/C33H41Cl2N3O3Si/c1-33(2,3)42(5,6)41-23-32(25-9-13-27(36-4)14-10-25)37-17-18-38(31(22-37)24-7-11-26(34)12-8-24)30-16-15-28(21-29(30)35)40-20-19-39/h7-16,21,31-32,39H,17-20,22-23H2,1-3,5-6H3/t31-,32+/m0/s1. The number of hydrogen-bond donors (Lipinski definition) is 1. The van der Waals surface area contributed by atoms with Crippen molar-refractivity contribution in [2.45, 2.75) is 51.0 Å². The van der Waals surface area contributed by atoms with Crippen molar-refractivity contribution >= 4 is 42.9 Å². The lowest BCUT2D eigenvalue weighted by Gasteiger charge is -2.47. The largest absolute Gasteiger partial charge is 0.491 e. The second-order valence-electron chi connectivity index (χ2n) is 12.2. The molecular formula is C33H41Cl2N3O3Si. The van der Waals surface area contributed by atoms with Crippen molar-refractivity contribution in [1.29, 1.82) is 0 Å². The summed E-state index contributed by atoms with van der Waals surface area (Å²) in [5, 5.41) is 10.5. The highest BCUT2D eigenvalue weighted by Gasteiger charge is 2.39. The van der Waals surface area contributed by atoms with Crippen LogP contribution in [0.4, 0.5) is 11.4 Å². The molecule has 42 heavy (non-hydrogen) atoms. The number of anilines is 1. The van der Waals surface area contributed by atoms with Gasteiger partial charge >= 0.3 is 0 Å². The molecule has 0 saturated carbocycles. The lowest BCUT2D eigenvalue weighted by atomic mass is 9.98. The maximum Gasteiger partial charge on any atom is 0.192 e. The van der Waals surface area contributed by atoms with E-state index < -0.39 is 8.32 Å². The Morgan fingerprint density at radius 2 is 1.71 bits per heavy atom. The minimum absolute atomic E-state index is 0.00983. The Morgan fingerprint density at radius 3 is 2.31 bits per heavy atom. The first-order chi connectivity index (χ1) is 19.9. The first-order valence-electron chi connectivity index (χ1n) is 14.3. The van der Waals surface area contributed by atoms with E-state index in [1.54, 1.807) is 0 Å². The van der Waals surface area contributed by atoms with Gasteiger partial charge in [0, 0.05) is 30.7 Å². The van der Waals surface area contributed by atoms with Crippen molar-refractivity contribution < 1.29 is 14.3 Å². The van der Waals surface area contributed by atoms with Gasteiger partial charge in [-0.1, -0.05) is 80.4 Å². The van der Waals surface area contributed by atoms with Gasteiger partial charge in [0.1, 0.15) is 12.4 Å². The van der Waals surface area contributed by atoms with Gasteiger partial charge in [0.15, 0.2) is 14.0 Å². The van der Waals surface area contributed by atoms with Crippen LogP contribution >= 0.6 is 23.2 Å². The van der Waals surface area contributed by atoms with Crippen LogP contribution < -0.4 is 9.64 Å². The van der Waals surface area contributed by atoms with E-state index in [4.69, 9.17) is 44.0 Å². The topological polar surface area (TPSA) is 49.5 Å². The monoisotopic (exact) mass is 625 g/mol. The van der Waals surface area contributed by atoms with Gasteiger partial charge in [-0.05, 0) is 53.5 Å². The predicted molar refractivity (Wildman–Crippen MR) is 176 cm³/mol. The van der Waals surface area contributed by atoms with E-state index >= 15 is 0 Å². The van der Waals surface area contributed by atoms with E-state index in [1.165, 1.54) is 0 Å². The number of aliphatic hydroxyl groups excluding tert-OH is 1. The van der Waals surface area contributed by atoms with Crippen LogP contribution in [0.2, 0.25) is 28.2 Å². The van der Waals surface area contributed by atoms with Crippen LogP contribution in [0, 0.1) is 6.57 Å². The molecule has 3 aromatic rings. The summed E-state index contributed by atoms with van der Waals surface area (Å²) >= 11 is 13.1. The molecule has 6 nitrogen and oxygen atoms in total. The van der Waals surface area contributed by atoms with E-state index in [1.807, 2.05) is 42.5 Å². The molecule has 9 heteroatoms. The SMILES string of the molecule is [C-]#[N+]c1ccc([C@@H](CO[Si](C)(C)C(C)(C)C)N2CCN(c3ccc(OCCO)cc3Cl)[C@H](c3ccc(Cl)cc3)C2)cc1. The maximum atomic E-state index is 9.14. The lowest BCUT2D eigenvalue weighted by molar-refractivity contribution is 0.106. The lowest BCUT2D eigenvalue weighted by Crippen LogP contribution is -2.51. The van der Waals surface area contributed by atoms with E-state index in [0.717, 1.165) is 36.4 Å². The highest BCUT2D eigenvalue weighted by atomic mass is 35.5. The summed E-state index contributed by atoms with van der Waals surface area (Å²) in [5.41, 5.74) is 3.86. The van der Waals surface area contributed by atoms with Crippen molar-refractivity contribution in [2.24, 2.45) is 0 Å². The highest BCUT2D eigenvalue weighted by molar-refractivity contribution is 6.74. The van der Waals surface area contributed by atoms with Crippen LogP contribution in [-0.4, -0.2) is 57.8 Å². The van der Waals surface area contributed by atoms with Crippen molar-refractivity contribution in [3.8, 4) is 5.75 Å². The normalized spacial score (nSPS) is 17.1. The molecule has 3 aromatic carbocycles. The number of hydrogen-bond acceptors (Lipinski definition) is 5. The smallest absolute Gasteiger partial charge is 0.192 e. The summed E-state index contributed by atoms with van der Waals surface area (Å²) in [6.45, 7) is 21.8. The molecule has 0 aliphatic carbocycles. The zero-order valence-corrected chi connectivity index (χ0v) is 27.6. The van der Waals surface area contributed by atoms with Crippen LogP contribution in [0.5, 0.6) is 5.75 Å². The molecule has 0 aromatic heterocycles. The van der Waals surface area contributed by atoms with E-state index in [9.17, 15) is 0 Å². The first kappa shape index (κ1) is 32.3. The molecular weight excluding hydrogens is 585 g/mol. The number of nitrogens with zero attached hydrogens (tertiary/aromatic N) is 3. The highest BCUT2D eigenvalue weighted by Crippen LogP contribution is 2.41. The molecule has 0 unspecified atom stereocenters. The van der Waals surface area contributed by atoms with Gasteiger partial charge in [0.05, 0.1) is 42.6 Å². The number of halogens is 2. The first-order valence-corrected chi connectivity index (χ1v) is 18.0. The van der Waals surface area contributed by atoms with Crippen molar-refractivity contribution in [1.82, 2.24) is 4.90 Å². The predicted octanol–water partition coefficient (Wildman–Crippen LogP) is 8.54. The molecule has 224 valence electrons. The second kappa shape index (κ2) is 13.8. The summed E-state index contributed by atoms with van der Waals surface area (Å²) in [5.74, 6) is 0.630. The molecule has 0 radical (unpaired) electrons. The van der Waals surface area contributed by atoms with Gasteiger partial charge in [0.2, 0.25) is 0 Å². The molecule has 0 bridgehead atoms. The molecule has 1 aliphatic heterocycles. The number of rotatable bonds is 10. The molecule has 2 atom stereocenters. The Labute approximate surface area is 261 Å². The Kier molecular flexibility index (Phi) is 10.6. The third kappa shape index (κ3) is 7.68. The van der Waals surface area contributed by atoms with E-state index in [0.29, 0.717) is 28.1 Å². The minimum atomic E-state index is -2.00. The van der Waals surface area contributed by atoms with E-state index in [-0.39, 0.29) is 30.3 Å². The van der Waals surface area contributed by atoms with Crippen molar-refractivity contribution in [3.63, 3.8) is 0 Å².